The van der Waals surface area contributed by atoms with Crippen LogP contribution in [0.25, 0.3) is 0 Å². The third-order valence-corrected chi connectivity index (χ3v) is 2.46. The van der Waals surface area contributed by atoms with Crippen molar-refractivity contribution in [2.24, 2.45) is 5.10 Å². The highest BCUT2D eigenvalue weighted by molar-refractivity contribution is 5.96. The van der Waals surface area contributed by atoms with E-state index in [1.54, 1.807) is 5.01 Å². The van der Waals surface area contributed by atoms with E-state index in [4.69, 9.17) is 14.2 Å². The van der Waals surface area contributed by atoms with E-state index >= 15 is 0 Å². The number of hydrogen-bond acceptors (Lipinski definition) is 5. The summed E-state index contributed by atoms with van der Waals surface area (Å²) >= 11 is 0. The van der Waals surface area contributed by atoms with Crippen LogP contribution in [0.3, 0.4) is 0 Å². The Balaban J connectivity index is 2.06. The van der Waals surface area contributed by atoms with Crippen molar-refractivity contribution in [3.8, 4) is 0 Å². The third kappa shape index (κ3) is 2.81. The molecule has 5 heteroatoms. The van der Waals surface area contributed by atoms with Gasteiger partial charge in [0, 0.05) is 14.1 Å². The molecule has 2 heterocycles. The molecule has 0 amide bonds. The first-order valence-corrected chi connectivity index (χ1v) is 5.47. The standard InChI is InChI=1S/C11H18N2O3/c1-8-14-7-11-10(16-8)5-4-9(6-15-11)12-13(2)3/h4-5,8,10-11H,6-7H2,1-3H3/b12-9+/t8-,10+,11-/m1/s1. The maximum atomic E-state index is 5.70. The van der Waals surface area contributed by atoms with Crippen molar-refractivity contribution in [1.82, 2.24) is 5.01 Å². The van der Waals surface area contributed by atoms with Crippen molar-refractivity contribution in [2.75, 3.05) is 27.3 Å². The summed E-state index contributed by atoms with van der Waals surface area (Å²) in [4.78, 5) is 0. The van der Waals surface area contributed by atoms with Crippen molar-refractivity contribution >= 4 is 5.71 Å². The SMILES string of the molecule is C[C@@H]1OC[C@H]2OC/C(=N/N(C)C)C=C[C@@H]2O1. The van der Waals surface area contributed by atoms with E-state index in [9.17, 15) is 0 Å². The van der Waals surface area contributed by atoms with Gasteiger partial charge in [0.2, 0.25) is 0 Å². The largest absolute Gasteiger partial charge is 0.366 e. The maximum Gasteiger partial charge on any atom is 0.155 e. The highest BCUT2D eigenvalue weighted by atomic mass is 16.7. The van der Waals surface area contributed by atoms with Gasteiger partial charge in [0.25, 0.3) is 0 Å². The second-order valence-corrected chi connectivity index (χ2v) is 4.15. The predicted octanol–water partition coefficient (Wildman–Crippen LogP) is 0.620. The first-order valence-electron chi connectivity index (χ1n) is 5.47. The van der Waals surface area contributed by atoms with Crippen LogP contribution in [0.5, 0.6) is 0 Å². The van der Waals surface area contributed by atoms with E-state index in [1.807, 2.05) is 33.2 Å². The molecule has 0 radical (unpaired) electrons. The average Bonchev–Trinajstić information content (AvgIpc) is 2.40. The summed E-state index contributed by atoms with van der Waals surface area (Å²) in [5, 5.41) is 6.08. The highest BCUT2D eigenvalue weighted by Crippen LogP contribution is 2.19. The van der Waals surface area contributed by atoms with Gasteiger partial charge in [-0.15, -0.1) is 0 Å². The van der Waals surface area contributed by atoms with E-state index < -0.39 is 0 Å². The number of nitrogens with zero attached hydrogens (tertiary/aromatic N) is 2. The summed E-state index contributed by atoms with van der Waals surface area (Å²) in [6.45, 7) is 2.96. The Labute approximate surface area is 95.7 Å². The zero-order valence-electron chi connectivity index (χ0n) is 9.92. The predicted molar refractivity (Wildman–Crippen MR) is 60.3 cm³/mol. The first kappa shape index (κ1) is 11.6. The Kier molecular flexibility index (Phi) is 3.58. The summed E-state index contributed by atoms with van der Waals surface area (Å²) in [6.07, 6.45) is 3.74. The second kappa shape index (κ2) is 4.95. The lowest BCUT2D eigenvalue weighted by molar-refractivity contribution is -0.237. The Hall–Kier alpha value is -0.910. The summed E-state index contributed by atoms with van der Waals surface area (Å²) in [6, 6.07) is 0. The molecule has 1 fully saturated rings. The molecule has 5 nitrogen and oxygen atoms in total. The number of ether oxygens (including phenoxy) is 3. The summed E-state index contributed by atoms with van der Waals surface area (Å²) in [5.41, 5.74) is 0.899. The van der Waals surface area contributed by atoms with E-state index in [0.29, 0.717) is 13.2 Å². The molecule has 0 saturated carbocycles. The zero-order valence-corrected chi connectivity index (χ0v) is 9.92. The molecular weight excluding hydrogens is 208 g/mol. The summed E-state index contributed by atoms with van der Waals surface area (Å²) in [5.74, 6) is 0. The molecule has 2 aliphatic rings. The van der Waals surface area contributed by atoms with Gasteiger partial charge in [0.1, 0.15) is 12.2 Å². The third-order valence-electron chi connectivity index (χ3n) is 2.46. The molecule has 16 heavy (non-hydrogen) atoms. The molecule has 0 unspecified atom stereocenters. The molecule has 0 aliphatic carbocycles. The summed E-state index contributed by atoms with van der Waals surface area (Å²) in [7, 11) is 3.78. The van der Waals surface area contributed by atoms with Gasteiger partial charge >= 0.3 is 0 Å². The molecule has 0 bridgehead atoms. The molecule has 2 aliphatic heterocycles. The minimum atomic E-state index is -0.165. The van der Waals surface area contributed by atoms with Crippen molar-refractivity contribution in [3.63, 3.8) is 0 Å². The fraction of sp³-hybridized carbons (Fsp3) is 0.727. The van der Waals surface area contributed by atoms with Gasteiger partial charge in [-0.3, -0.25) is 0 Å². The number of hydrazone groups is 1. The van der Waals surface area contributed by atoms with Crippen LogP contribution >= 0.6 is 0 Å². The maximum absolute atomic E-state index is 5.70. The molecule has 0 spiro atoms. The Bertz CT molecular complexity index is 302. The second-order valence-electron chi connectivity index (χ2n) is 4.15. The summed E-state index contributed by atoms with van der Waals surface area (Å²) < 4.78 is 16.7. The van der Waals surface area contributed by atoms with Gasteiger partial charge in [-0.2, -0.15) is 5.10 Å². The molecule has 1 saturated heterocycles. The van der Waals surface area contributed by atoms with Gasteiger partial charge in [0.15, 0.2) is 6.29 Å². The van der Waals surface area contributed by atoms with E-state index in [0.717, 1.165) is 5.71 Å². The lowest BCUT2D eigenvalue weighted by Crippen LogP contribution is -2.42. The Morgan fingerprint density at radius 3 is 2.94 bits per heavy atom. The topological polar surface area (TPSA) is 43.3 Å². The van der Waals surface area contributed by atoms with Gasteiger partial charge in [-0.25, -0.2) is 0 Å². The number of fused-ring (bicyclic) bond motifs is 1. The Morgan fingerprint density at radius 1 is 1.38 bits per heavy atom. The molecule has 0 aromatic rings. The van der Waals surface area contributed by atoms with Crippen LogP contribution in [0.15, 0.2) is 17.3 Å². The fourth-order valence-electron chi connectivity index (χ4n) is 1.75. The lowest BCUT2D eigenvalue weighted by atomic mass is 10.2. The normalized spacial score (nSPS) is 36.9. The van der Waals surface area contributed by atoms with Crippen molar-refractivity contribution < 1.29 is 14.2 Å². The van der Waals surface area contributed by atoms with Crippen LogP contribution < -0.4 is 0 Å². The van der Waals surface area contributed by atoms with Crippen LogP contribution in [0, 0.1) is 0 Å². The fourth-order valence-corrected chi connectivity index (χ4v) is 1.75. The van der Waals surface area contributed by atoms with Crippen molar-refractivity contribution in [2.45, 2.75) is 25.4 Å². The van der Waals surface area contributed by atoms with E-state index in [2.05, 4.69) is 5.10 Å². The van der Waals surface area contributed by atoms with Crippen LogP contribution in [-0.2, 0) is 14.2 Å². The van der Waals surface area contributed by atoms with E-state index in [1.165, 1.54) is 0 Å². The van der Waals surface area contributed by atoms with E-state index in [-0.39, 0.29) is 18.5 Å². The molecule has 0 aromatic carbocycles. The average molecular weight is 226 g/mol. The molecule has 3 atom stereocenters. The van der Waals surface area contributed by atoms with Gasteiger partial charge in [-0.1, -0.05) is 6.08 Å². The molecule has 0 N–H and O–H groups in total. The first-order chi connectivity index (χ1) is 7.65. The number of rotatable bonds is 1. The van der Waals surface area contributed by atoms with Crippen LogP contribution in [0.2, 0.25) is 0 Å². The Morgan fingerprint density at radius 2 is 2.19 bits per heavy atom. The van der Waals surface area contributed by atoms with Crippen LogP contribution in [-0.4, -0.2) is 56.5 Å². The van der Waals surface area contributed by atoms with Gasteiger partial charge in [-0.05, 0) is 13.0 Å². The van der Waals surface area contributed by atoms with Crippen molar-refractivity contribution in [3.05, 3.63) is 12.2 Å². The van der Waals surface area contributed by atoms with Gasteiger partial charge < -0.3 is 19.2 Å². The van der Waals surface area contributed by atoms with Crippen LogP contribution in [0.1, 0.15) is 6.92 Å². The number of hydrogen-bond donors (Lipinski definition) is 0. The molecule has 0 aromatic heterocycles. The quantitative estimate of drug-likeness (QED) is 0.615. The molecule has 2 rings (SSSR count). The minimum absolute atomic E-state index is 0.0256. The van der Waals surface area contributed by atoms with Crippen molar-refractivity contribution in [1.29, 1.82) is 0 Å². The van der Waals surface area contributed by atoms with Crippen LogP contribution in [0.4, 0.5) is 0 Å². The zero-order chi connectivity index (χ0) is 11.5. The monoisotopic (exact) mass is 226 g/mol. The smallest absolute Gasteiger partial charge is 0.155 e. The minimum Gasteiger partial charge on any atom is -0.366 e. The van der Waals surface area contributed by atoms with Gasteiger partial charge in [0.05, 0.1) is 18.9 Å². The lowest BCUT2D eigenvalue weighted by Gasteiger charge is -2.32. The highest BCUT2D eigenvalue weighted by Gasteiger charge is 2.30. The molecular formula is C11H18N2O3. The molecule has 90 valence electrons.